The van der Waals surface area contributed by atoms with E-state index in [-0.39, 0.29) is 18.1 Å². The zero-order chi connectivity index (χ0) is 14.3. The molecular weight excluding hydrogens is 264 g/mol. The Labute approximate surface area is 114 Å². The highest BCUT2D eigenvalue weighted by atomic mass is 32.2. The number of hydrogen-bond acceptors (Lipinski definition) is 4. The lowest BCUT2D eigenvalue weighted by Gasteiger charge is -2.11. The molecule has 1 aromatic carbocycles. The predicted octanol–water partition coefficient (Wildman–Crippen LogP) is 1.17. The molecule has 0 atom stereocenters. The molecule has 106 valence electrons. The third kappa shape index (κ3) is 6.35. The van der Waals surface area contributed by atoms with Crippen molar-refractivity contribution in [3.8, 4) is 0 Å². The normalized spacial score (nSPS) is 11.3. The first kappa shape index (κ1) is 15.7. The summed E-state index contributed by atoms with van der Waals surface area (Å²) in [4.78, 5) is 11.7. The molecule has 0 radical (unpaired) electrons. The highest BCUT2D eigenvalue weighted by molar-refractivity contribution is 7.90. The molecule has 1 rings (SSSR count). The van der Waals surface area contributed by atoms with Crippen LogP contribution >= 0.6 is 0 Å². The molecule has 0 saturated heterocycles. The molecule has 0 aliphatic heterocycles. The van der Waals surface area contributed by atoms with Crippen molar-refractivity contribution in [2.45, 2.75) is 19.9 Å². The summed E-state index contributed by atoms with van der Waals surface area (Å²) < 4.78 is 22.0. The van der Waals surface area contributed by atoms with Crippen molar-refractivity contribution in [3.05, 3.63) is 29.8 Å². The van der Waals surface area contributed by atoms with Crippen LogP contribution in [0.25, 0.3) is 0 Å². The third-order valence-corrected chi connectivity index (χ3v) is 3.50. The number of carbonyl (C=O) groups excluding carboxylic acids is 1. The van der Waals surface area contributed by atoms with Crippen LogP contribution in [0.4, 0.5) is 5.69 Å². The number of carbonyl (C=O) groups is 1. The van der Waals surface area contributed by atoms with E-state index in [4.69, 9.17) is 0 Å². The summed E-state index contributed by atoms with van der Waals surface area (Å²) in [7, 11) is -3.11. The highest BCUT2D eigenvalue weighted by Crippen LogP contribution is 2.15. The van der Waals surface area contributed by atoms with Crippen LogP contribution in [-0.4, -0.2) is 32.9 Å². The van der Waals surface area contributed by atoms with Gasteiger partial charge in [-0.1, -0.05) is 25.1 Å². The van der Waals surface area contributed by atoms with Crippen LogP contribution < -0.4 is 10.6 Å². The quantitative estimate of drug-likeness (QED) is 0.788. The number of benzene rings is 1. The Kier molecular flexibility index (Phi) is 5.98. The fraction of sp³-hybridized carbons (Fsp3) is 0.462. The highest BCUT2D eigenvalue weighted by Gasteiger charge is 2.09. The van der Waals surface area contributed by atoms with Crippen LogP contribution in [-0.2, 0) is 21.2 Å². The van der Waals surface area contributed by atoms with Gasteiger partial charge in [-0.25, -0.2) is 8.42 Å². The molecule has 0 spiro atoms. The van der Waals surface area contributed by atoms with Crippen molar-refractivity contribution in [1.29, 1.82) is 0 Å². The zero-order valence-electron chi connectivity index (χ0n) is 11.3. The second-order valence-electron chi connectivity index (χ2n) is 4.37. The molecule has 1 aromatic rings. The van der Waals surface area contributed by atoms with Gasteiger partial charge in [-0.05, 0) is 18.2 Å². The molecule has 5 nitrogen and oxygen atoms in total. The van der Waals surface area contributed by atoms with E-state index in [0.717, 1.165) is 24.1 Å². The van der Waals surface area contributed by atoms with Gasteiger partial charge in [-0.15, -0.1) is 0 Å². The number of para-hydroxylation sites is 1. The topological polar surface area (TPSA) is 75.3 Å². The molecule has 6 heteroatoms. The minimum atomic E-state index is -3.11. The van der Waals surface area contributed by atoms with E-state index in [1.807, 2.05) is 31.2 Å². The maximum atomic E-state index is 11.7. The molecule has 1 amide bonds. The second-order valence-corrected chi connectivity index (χ2v) is 6.63. The van der Waals surface area contributed by atoms with Gasteiger partial charge < -0.3 is 10.6 Å². The largest absolute Gasteiger partial charge is 0.326 e. The Bertz CT molecular complexity index is 526. The van der Waals surface area contributed by atoms with Crippen molar-refractivity contribution >= 4 is 21.4 Å². The Morgan fingerprint density at radius 3 is 2.58 bits per heavy atom. The van der Waals surface area contributed by atoms with E-state index < -0.39 is 9.84 Å². The fourth-order valence-corrected chi connectivity index (χ4v) is 2.10. The first-order valence-corrected chi connectivity index (χ1v) is 8.24. The van der Waals surface area contributed by atoms with Gasteiger partial charge in [0.15, 0.2) is 0 Å². The van der Waals surface area contributed by atoms with E-state index in [1.54, 1.807) is 0 Å². The van der Waals surface area contributed by atoms with Gasteiger partial charge >= 0.3 is 0 Å². The third-order valence-electron chi connectivity index (χ3n) is 2.56. The maximum Gasteiger partial charge on any atom is 0.225 e. The Morgan fingerprint density at radius 2 is 1.95 bits per heavy atom. The molecule has 0 aliphatic carbocycles. The van der Waals surface area contributed by atoms with Gasteiger partial charge in [-0.2, -0.15) is 0 Å². The SMILES string of the molecule is CCNCc1ccccc1NC(=O)CCS(C)(=O)=O. The van der Waals surface area contributed by atoms with Gasteiger partial charge in [-0.3, -0.25) is 4.79 Å². The first-order chi connectivity index (χ1) is 8.92. The summed E-state index contributed by atoms with van der Waals surface area (Å²) in [6.45, 7) is 3.52. The van der Waals surface area contributed by atoms with Crippen LogP contribution in [0.1, 0.15) is 18.9 Å². The van der Waals surface area contributed by atoms with Crippen molar-refractivity contribution in [3.63, 3.8) is 0 Å². The van der Waals surface area contributed by atoms with E-state index in [1.165, 1.54) is 0 Å². The molecule has 0 aromatic heterocycles. The number of sulfone groups is 1. The minimum absolute atomic E-state index is 0.0195. The monoisotopic (exact) mass is 284 g/mol. The summed E-state index contributed by atoms with van der Waals surface area (Å²) in [6.07, 6.45) is 1.10. The van der Waals surface area contributed by atoms with Crippen molar-refractivity contribution in [2.24, 2.45) is 0 Å². The molecule has 0 aliphatic rings. The van der Waals surface area contributed by atoms with Gasteiger partial charge in [0.05, 0.1) is 5.75 Å². The van der Waals surface area contributed by atoms with Crippen molar-refractivity contribution in [1.82, 2.24) is 5.32 Å². The smallest absolute Gasteiger partial charge is 0.225 e. The van der Waals surface area contributed by atoms with Crippen LogP contribution in [0.3, 0.4) is 0 Å². The Hall–Kier alpha value is -1.40. The van der Waals surface area contributed by atoms with Gasteiger partial charge in [0.2, 0.25) is 5.91 Å². The summed E-state index contributed by atoms with van der Waals surface area (Å²) in [6, 6.07) is 7.47. The molecule has 0 unspecified atom stereocenters. The number of amides is 1. The summed E-state index contributed by atoms with van der Waals surface area (Å²) >= 11 is 0. The molecule has 2 N–H and O–H groups in total. The number of anilines is 1. The van der Waals surface area contributed by atoms with E-state index in [2.05, 4.69) is 10.6 Å². The molecule has 19 heavy (non-hydrogen) atoms. The first-order valence-electron chi connectivity index (χ1n) is 6.18. The average molecular weight is 284 g/mol. The van der Waals surface area contributed by atoms with Gasteiger partial charge in [0.25, 0.3) is 0 Å². The standard InChI is InChI=1S/C13H20N2O3S/c1-3-14-10-11-6-4-5-7-12(11)15-13(16)8-9-19(2,17)18/h4-7,14H,3,8-10H2,1-2H3,(H,15,16). The van der Waals surface area contributed by atoms with Crippen molar-refractivity contribution < 1.29 is 13.2 Å². The summed E-state index contributed by atoms with van der Waals surface area (Å²) in [5.74, 6) is -0.414. The predicted molar refractivity (Wildman–Crippen MR) is 76.8 cm³/mol. The van der Waals surface area contributed by atoms with E-state index >= 15 is 0 Å². The maximum absolute atomic E-state index is 11.7. The summed E-state index contributed by atoms with van der Waals surface area (Å²) in [5.41, 5.74) is 1.71. The van der Waals surface area contributed by atoms with E-state index in [0.29, 0.717) is 6.54 Å². The van der Waals surface area contributed by atoms with Gasteiger partial charge in [0.1, 0.15) is 9.84 Å². The van der Waals surface area contributed by atoms with Gasteiger partial charge in [0, 0.05) is 24.9 Å². The lowest BCUT2D eigenvalue weighted by molar-refractivity contribution is -0.115. The molecule has 0 saturated carbocycles. The van der Waals surface area contributed by atoms with Crippen LogP contribution in [0.2, 0.25) is 0 Å². The molecular formula is C13H20N2O3S. The fourth-order valence-electron chi connectivity index (χ4n) is 1.55. The van der Waals surface area contributed by atoms with E-state index in [9.17, 15) is 13.2 Å². The second kappa shape index (κ2) is 7.25. The number of nitrogens with one attached hydrogen (secondary N) is 2. The molecule has 0 bridgehead atoms. The lowest BCUT2D eigenvalue weighted by atomic mass is 10.1. The number of rotatable bonds is 7. The number of hydrogen-bond donors (Lipinski definition) is 2. The average Bonchev–Trinajstić information content (AvgIpc) is 2.34. The van der Waals surface area contributed by atoms with Crippen molar-refractivity contribution in [2.75, 3.05) is 23.9 Å². The van der Waals surface area contributed by atoms with Crippen LogP contribution in [0.5, 0.6) is 0 Å². The lowest BCUT2D eigenvalue weighted by Crippen LogP contribution is -2.19. The molecule has 0 heterocycles. The van der Waals surface area contributed by atoms with Crippen LogP contribution in [0, 0.1) is 0 Å². The Balaban J connectivity index is 2.63. The Morgan fingerprint density at radius 1 is 1.26 bits per heavy atom. The van der Waals surface area contributed by atoms with Crippen LogP contribution in [0.15, 0.2) is 24.3 Å². The minimum Gasteiger partial charge on any atom is -0.326 e. The molecule has 0 fully saturated rings. The summed E-state index contributed by atoms with van der Waals surface area (Å²) in [5, 5.41) is 5.94. The zero-order valence-corrected chi connectivity index (χ0v) is 12.1.